The highest BCUT2D eigenvalue weighted by atomic mass is 16.5. The van der Waals surface area contributed by atoms with Gasteiger partial charge in [0.2, 0.25) is 5.89 Å². The van der Waals surface area contributed by atoms with Crippen LogP contribution in [-0.4, -0.2) is 15.3 Å². The van der Waals surface area contributed by atoms with Gasteiger partial charge in [0.05, 0.1) is 6.10 Å². The minimum atomic E-state index is -0.532. The molecule has 0 fully saturated rings. The summed E-state index contributed by atoms with van der Waals surface area (Å²) in [5.41, 5.74) is 2.86. The van der Waals surface area contributed by atoms with Crippen LogP contribution in [0.25, 0.3) is 11.5 Å². The van der Waals surface area contributed by atoms with Gasteiger partial charge in [-0.3, -0.25) is 0 Å². The molecule has 1 atom stereocenters. The van der Waals surface area contributed by atoms with Gasteiger partial charge in [-0.1, -0.05) is 29.8 Å². The molecule has 0 radical (unpaired) electrons. The molecule has 1 N–H and O–H groups in total. The van der Waals surface area contributed by atoms with Crippen molar-refractivity contribution in [2.75, 3.05) is 0 Å². The summed E-state index contributed by atoms with van der Waals surface area (Å²) in [4.78, 5) is 0. The van der Waals surface area contributed by atoms with Gasteiger partial charge in [-0.15, -0.1) is 10.2 Å². The first-order valence-electron chi connectivity index (χ1n) is 7.42. The van der Waals surface area contributed by atoms with Crippen LogP contribution >= 0.6 is 0 Å². The second kappa shape index (κ2) is 6.62. The van der Waals surface area contributed by atoms with Crippen molar-refractivity contribution in [3.05, 3.63) is 65.5 Å². The van der Waals surface area contributed by atoms with E-state index in [1.807, 2.05) is 49.4 Å². The number of rotatable bonds is 5. The van der Waals surface area contributed by atoms with E-state index < -0.39 is 6.10 Å². The minimum absolute atomic E-state index is 0.183. The zero-order valence-electron chi connectivity index (χ0n) is 13.1. The standard InChI is InChI=1S/C18H18N2O3/c1-12-6-8-14(9-7-12)18-20-19-17(23-18)11-22-16-5-3-4-15(10-16)13(2)21/h3-10,13,21H,11H2,1-2H3. The molecule has 0 bridgehead atoms. The fraction of sp³-hybridized carbons (Fsp3) is 0.222. The summed E-state index contributed by atoms with van der Waals surface area (Å²) in [6.07, 6.45) is -0.532. The average Bonchev–Trinajstić information content (AvgIpc) is 3.03. The molecule has 0 aliphatic heterocycles. The Morgan fingerprint density at radius 2 is 1.91 bits per heavy atom. The van der Waals surface area contributed by atoms with Crippen molar-refractivity contribution in [3.8, 4) is 17.2 Å². The second-order valence-electron chi connectivity index (χ2n) is 5.40. The molecule has 3 aromatic rings. The summed E-state index contributed by atoms with van der Waals surface area (Å²) in [5.74, 6) is 1.53. The third-order valence-electron chi connectivity index (χ3n) is 3.47. The number of aryl methyl sites for hydroxylation is 1. The molecule has 118 valence electrons. The normalized spacial score (nSPS) is 12.1. The van der Waals surface area contributed by atoms with Crippen molar-refractivity contribution in [2.24, 2.45) is 0 Å². The monoisotopic (exact) mass is 310 g/mol. The lowest BCUT2D eigenvalue weighted by atomic mass is 10.1. The number of nitrogens with zero attached hydrogens (tertiary/aromatic N) is 2. The van der Waals surface area contributed by atoms with Crippen molar-refractivity contribution in [3.63, 3.8) is 0 Å². The molecule has 0 aliphatic rings. The van der Waals surface area contributed by atoms with Crippen LogP contribution in [0.4, 0.5) is 0 Å². The number of benzene rings is 2. The summed E-state index contributed by atoms with van der Waals surface area (Å²) in [6.45, 7) is 3.92. The number of aliphatic hydroxyl groups is 1. The number of aromatic nitrogens is 2. The van der Waals surface area contributed by atoms with E-state index in [2.05, 4.69) is 10.2 Å². The predicted molar refractivity (Wildman–Crippen MR) is 85.9 cm³/mol. The van der Waals surface area contributed by atoms with Crippen LogP contribution in [0.5, 0.6) is 5.75 Å². The van der Waals surface area contributed by atoms with Gasteiger partial charge in [0.15, 0.2) is 6.61 Å². The van der Waals surface area contributed by atoms with Gasteiger partial charge >= 0.3 is 0 Å². The van der Waals surface area contributed by atoms with E-state index in [-0.39, 0.29) is 6.61 Å². The Morgan fingerprint density at radius 1 is 1.13 bits per heavy atom. The van der Waals surface area contributed by atoms with Gasteiger partial charge in [-0.05, 0) is 43.7 Å². The molecule has 0 aliphatic carbocycles. The fourth-order valence-corrected chi connectivity index (χ4v) is 2.13. The van der Waals surface area contributed by atoms with Crippen LogP contribution in [0.15, 0.2) is 52.9 Å². The lowest BCUT2D eigenvalue weighted by Gasteiger charge is -2.07. The number of hydrogen-bond acceptors (Lipinski definition) is 5. The maximum Gasteiger partial charge on any atom is 0.254 e. The number of aliphatic hydroxyl groups excluding tert-OH is 1. The molecule has 1 heterocycles. The first-order chi connectivity index (χ1) is 11.1. The third kappa shape index (κ3) is 3.76. The molecular formula is C18H18N2O3. The molecular weight excluding hydrogens is 292 g/mol. The molecule has 23 heavy (non-hydrogen) atoms. The summed E-state index contributed by atoms with van der Waals surface area (Å²) >= 11 is 0. The summed E-state index contributed by atoms with van der Waals surface area (Å²) in [5, 5.41) is 17.6. The quantitative estimate of drug-likeness (QED) is 0.778. The van der Waals surface area contributed by atoms with Crippen LogP contribution < -0.4 is 4.74 Å². The number of ether oxygens (including phenoxy) is 1. The molecule has 1 aromatic heterocycles. The van der Waals surface area contributed by atoms with Gasteiger partial charge < -0.3 is 14.3 Å². The lowest BCUT2D eigenvalue weighted by Crippen LogP contribution is -1.97. The SMILES string of the molecule is Cc1ccc(-c2nnc(COc3cccc(C(C)O)c3)o2)cc1. The Morgan fingerprint density at radius 3 is 2.65 bits per heavy atom. The van der Waals surface area contributed by atoms with Crippen LogP contribution in [0.2, 0.25) is 0 Å². The molecule has 3 rings (SSSR count). The molecule has 0 saturated heterocycles. The van der Waals surface area contributed by atoms with E-state index in [1.165, 1.54) is 5.56 Å². The lowest BCUT2D eigenvalue weighted by molar-refractivity contribution is 0.198. The highest BCUT2D eigenvalue weighted by Crippen LogP contribution is 2.21. The Hall–Kier alpha value is -2.66. The maximum absolute atomic E-state index is 9.59. The van der Waals surface area contributed by atoms with Gasteiger partial charge in [0.25, 0.3) is 5.89 Å². The van der Waals surface area contributed by atoms with Crippen LogP contribution in [0.1, 0.15) is 30.0 Å². The van der Waals surface area contributed by atoms with Gasteiger partial charge in [-0.2, -0.15) is 0 Å². The Bertz CT molecular complexity index is 779. The zero-order valence-corrected chi connectivity index (χ0v) is 13.1. The van der Waals surface area contributed by atoms with Crippen molar-refractivity contribution < 1.29 is 14.3 Å². The van der Waals surface area contributed by atoms with E-state index >= 15 is 0 Å². The Kier molecular flexibility index (Phi) is 4.39. The first-order valence-corrected chi connectivity index (χ1v) is 7.42. The zero-order chi connectivity index (χ0) is 16.2. The van der Waals surface area contributed by atoms with Crippen LogP contribution in [0.3, 0.4) is 0 Å². The fourth-order valence-electron chi connectivity index (χ4n) is 2.13. The second-order valence-corrected chi connectivity index (χ2v) is 5.40. The van der Waals surface area contributed by atoms with E-state index in [0.29, 0.717) is 17.5 Å². The van der Waals surface area contributed by atoms with E-state index in [4.69, 9.17) is 9.15 Å². The molecule has 1 unspecified atom stereocenters. The third-order valence-corrected chi connectivity index (χ3v) is 3.47. The van der Waals surface area contributed by atoms with Gasteiger partial charge in [0, 0.05) is 5.56 Å². The Labute approximate surface area is 134 Å². The van der Waals surface area contributed by atoms with Gasteiger partial charge in [0.1, 0.15) is 5.75 Å². The summed E-state index contributed by atoms with van der Waals surface area (Å²) in [6, 6.07) is 15.2. The average molecular weight is 310 g/mol. The maximum atomic E-state index is 9.59. The molecule has 5 nitrogen and oxygen atoms in total. The highest BCUT2D eigenvalue weighted by molar-refractivity contribution is 5.52. The highest BCUT2D eigenvalue weighted by Gasteiger charge is 2.09. The largest absolute Gasteiger partial charge is 0.484 e. The van der Waals surface area contributed by atoms with E-state index in [0.717, 1.165) is 11.1 Å². The Balaban J connectivity index is 1.67. The summed E-state index contributed by atoms with van der Waals surface area (Å²) in [7, 11) is 0. The smallest absolute Gasteiger partial charge is 0.254 e. The predicted octanol–water partition coefficient (Wildman–Crippen LogP) is 3.68. The molecule has 5 heteroatoms. The molecule has 2 aromatic carbocycles. The van der Waals surface area contributed by atoms with Gasteiger partial charge in [-0.25, -0.2) is 0 Å². The molecule has 0 amide bonds. The summed E-state index contributed by atoms with van der Waals surface area (Å²) < 4.78 is 11.3. The van der Waals surface area contributed by atoms with Crippen molar-refractivity contribution in [1.82, 2.24) is 10.2 Å². The van der Waals surface area contributed by atoms with Crippen LogP contribution in [-0.2, 0) is 6.61 Å². The number of hydrogen-bond donors (Lipinski definition) is 1. The van der Waals surface area contributed by atoms with Crippen molar-refractivity contribution in [2.45, 2.75) is 26.6 Å². The van der Waals surface area contributed by atoms with E-state index in [9.17, 15) is 5.11 Å². The van der Waals surface area contributed by atoms with Crippen LogP contribution in [0, 0.1) is 6.92 Å². The molecule has 0 saturated carbocycles. The van der Waals surface area contributed by atoms with Crippen molar-refractivity contribution in [1.29, 1.82) is 0 Å². The molecule has 0 spiro atoms. The first kappa shape index (κ1) is 15.2. The van der Waals surface area contributed by atoms with Crippen molar-refractivity contribution >= 4 is 0 Å². The minimum Gasteiger partial charge on any atom is -0.484 e. The topological polar surface area (TPSA) is 68.4 Å². The van der Waals surface area contributed by atoms with E-state index in [1.54, 1.807) is 13.0 Å².